The van der Waals surface area contributed by atoms with Crippen LogP contribution >= 0.6 is 0 Å². The molecule has 4 rings (SSSR count). The zero-order valence-electron chi connectivity index (χ0n) is 16.5. The molecule has 0 radical (unpaired) electrons. The largest absolute Gasteiger partial charge is 0.493 e. The highest BCUT2D eigenvalue weighted by Crippen LogP contribution is 2.25. The van der Waals surface area contributed by atoms with Gasteiger partial charge in [-0.2, -0.15) is 0 Å². The molecule has 2 aromatic carbocycles. The van der Waals surface area contributed by atoms with E-state index < -0.39 is 11.8 Å². The standard InChI is InChI=1S/C23H18N4O4/c1-30-18-6-4-5-15-13-17(22(29)27-19-7-2-3-12-25-19)23(31-20(15)18)26-16-10-8-14(9-11-16)21(24)28/h2-13H,1H3,(H2,24,28)(H,25,27,29). The van der Waals surface area contributed by atoms with Crippen molar-refractivity contribution in [2.45, 2.75) is 0 Å². The number of rotatable bonds is 5. The van der Waals surface area contributed by atoms with Crippen LogP contribution in [0.15, 0.2) is 82.3 Å². The average molecular weight is 414 g/mol. The van der Waals surface area contributed by atoms with Gasteiger partial charge in [0, 0.05) is 17.1 Å². The molecular formula is C23H18N4O4. The van der Waals surface area contributed by atoms with Crippen LogP contribution in [0.4, 0.5) is 11.5 Å². The third-order valence-corrected chi connectivity index (χ3v) is 4.49. The number of hydrogen-bond donors (Lipinski definition) is 2. The normalized spacial score (nSPS) is 11.3. The van der Waals surface area contributed by atoms with Crippen molar-refractivity contribution in [1.82, 2.24) is 4.98 Å². The molecule has 0 atom stereocenters. The molecule has 0 aliphatic rings. The van der Waals surface area contributed by atoms with E-state index in [0.29, 0.717) is 33.8 Å². The Labute approximate surface area is 177 Å². The highest BCUT2D eigenvalue weighted by molar-refractivity contribution is 6.05. The molecule has 4 aromatic rings. The Kier molecular flexibility index (Phi) is 5.44. The first-order chi connectivity index (χ1) is 15.0. The Bertz CT molecular complexity index is 1330. The van der Waals surface area contributed by atoms with Gasteiger partial charge in [0.1, 0.15) is 11.4 Å². The van der Waals surface area contributed by atoms with E-state index >= 15 is 0 Å². The third kappa shape index (κ3) is 4.27. The van der Waals surface area contributed by atoms with Gasteiger partial charge in [-0.3, -0.25) is 9.59 Å². The van der Waals surface area contributed by atoms with E-state index in [1.165, 1.54) is 7.11 Å². The number of pyridine rings is 1. The van der Waals surface area contributed by atoms with Gasteiger partial charge >= 0.3 is 0 Å². The highest BCUT2D eigenvalue weighted by atomic mass is 16.5. The Morgan fingerprint density at radius 2 is 1.87 bits per heavy atom. The number of para-hydroxylation sites is 1. The molecule has 0 bridgehead atoms. The third-order valence-electron chi connectivity index (χ3n) is 4.49. The molecular weight excluding hydrogens is 396 g/mol. The van der Waals surface area contributed by atoms with E-state index in [4.69, 9.17) is 14.9 Å². The van der Waals surface area contributed by atoms with Crippen molar-refractivity contribution in [2.75, 3.05) is 12.4 Å². The fourth-order valence-electron chi connectivity index (χ4n) is 2.97. The van der Waals surface area contributed by atoms with Crippen LogP contribution in [-0.4, -0.2) is 23.9 Å². The summed E-state index contributed by atoms with van der Waals surface area (Å²) in [5.41, 5.74) is 6.86. The first-order valence-corrected chi connectivity index (χ1v) is 9.33. The number of primary amides is 1. The number of fused-ring (bicyclic) bond motifs is 1. The van der Waals surface area contributed by atoms with E-state index in [2.05, 4.69) is 15.3 Å². The number of methoxy groups -OCH3 is 1. The topological polar surface area (TPSA) is 120 Å². The fraction of sp³-hybridized carbons (Fsp3) is 0.0435. The summed E-state index contributed by atoms with van der Waals surface area (Å²) >= 11 is 0. The summed E-state index contributed by atoms with van der Waals surface area (Å²) in [6.45, 7) is 0. The molecule has 0 spiro atoms. The monoisotopic (exact) mass is 414 g/mol. The summed E-state index contributed by atoms with van der Waals surface area (Å²) in [6.07, 6.45) is 1.58. The smallest absolute Gasteiger partial charge is 0.262 e. The van der Waals surface area contributed by atoms with E-state index in [0.717, 1.165) is 0 Å². The molecule has 2 heterocycles. The number of amides is 2. The van der Waals surface area contributed by atoms with Crippen molar-refractivity contribution in [2.24, 2.45) is 10.7 Å². The maximum atomic E-state index is 13.0. The van der Waals surface area contributed by atoms with Crippen LogP contribution in [0, 0.1) is 0 Å². The van der Waals surface area contributed by atoms with Crippen LogP contribution < -0.4 is 21.3 Å². The first kappa shape index (κ1) is 19.8. The second kappa shape index (κ2) is 8.50. The molecule has 8 heteroatoms. The predicted octanol–water partition coefficient (Wildman–Crippen LogP) is 3.42. The number of anilines is 1. The minimum Gasteiger partial charge on any atom is -0.493 e. The second-order valence-corrected chi connectivity index (χ2v) is 6.54. The maximum absolute atomic E-state index is 13.0. The zero-order valence-corrected chi connectivity index (χ0v) is 16.5. The molecule has 154 valence electrons. The van der Waals surface area contributed by atoms with Crippen molar-refractivity contribution >= 4 is 34.3 Å². The molecule has 3 N–H and O–H groups in total. The molecule has 2 aromatic heterocycles. The summed E-state index contributed by atoms with van der Waals surface area (Å²) in [6, 6.07) is 18.6. The molecule has 0 aliphatic carbocycles. The van der Waals surface area contributed by atoms with Crippen LogP contribution in [0.2, 0.25) is 0 Å². The second-order valence-electron chi connectivity index (χ2n) is 6.54. The van der Waals surface area contributed by atoms with Gasteiger partial charge in [-0.05, 0) is 48.5 Å². The summed E-state index contributed by atoms with van der Waals surface area (Å²) in [4.78, 5) is 32.9. The summed E-state index contributed by atoms with van der Waals surface area (Å²) in [5.74, 6) is -0.0634. The molecule has 31 heavy (non-hydrogen) atoms. The van der Waals surface area contributed by atoms with Crippen molar-refractivity contribution in [3.05, 3.63) is 89.6 Å². The molecule has 8 nitrogen and oxygen atoms in total. The van der Waals surface area contributed by atoms with Crippen molar-refractivity contribution in [1.29, 1.82) is 0 Å². The number of aromatic nitrogens is 1. The molecule has 0 saturated heterocycles. The van der Waals surface area contributed by atoms with Crippen molar-refractivity contribution in [3.63, 3.8) is 0 Å². The number of carbonyl (C=O) groups is 2. The van der Waals surface area contributed by atoms with Crippen LogP contribution in [-0.2, 0) is 0 Å². The van der Waals surface area contributed by atoms with Crippen LogP contribution in [0.1, 0.15) is 20.7 Å². The van der Waals surface area contributed by atoms with E-state index in [1.54, 1.807) is 66.9 Å². The van der Waals surface area contributed by atoms with Crippen molar-refractivity contribution in [3.8, 4) is 5.75 Å². The Morgan fingerprint density at radius 3 is 2.55 bits per heavy atom. The van der Waals surface area contributed by atoms with Gasteiger partial charge in [0.15, 0.2) is 11.3 Å². The lowest BCUT2D eigenvalue weighted by Gasteiger charge is -2.08. The van der Waals surface area contributed by atoms with E-state index in [1.807, 2.05) is 6.07 Å². The molecule has 0 unspecified atom stereocenters. The van der Waals surface area contributed by atoms with Gasteiger partial charge < -0.3 is 20.2 Å². The number of nitrogens with zero attached hydrogens (tertiary/aromatic N) is 2. The number of benzene rings is 2. The van der Waals surface area contributed by atoms with Gasteiger partial charge in [0.05, 0.1) is 12.8 Å². The van der Waals surface area contributed by atoms with Gasteiger partial charge in [0.25, 0.3) is 5.91 Å². The molecule has 2 amide bonds. The van der Waals surface area contributed by atoms with Crippen molar-refractivity contribution < 1.29 is 18.7 Å². The summed E-state index contributed by atoms with van der Waals surface area (Å²) < 4.78 is 11.4. The minimum absolute atomic E-state index is 0.0808. The summed E-state index contributed by atoms with van der Waals surface area (Å²) in [5, 5.41) is 3.41. The van der Waals surface area contributed by atoms with Gasteiger partial charge in [-0.25, -0.2) is 9.98 Å². The molecule has 0 fully saturated rings. The number of nitrogens with one attached hydrogen (secondary N) is 1. The zero-order chi connectivity index (χ0) is 21.8. The lowest BCUT2D eigenvalue weighted by Crippen LogP contribution is -2.22. The minimum atomic E-state index is -0.540. The highest BCUT2D eigenvalue weighted by Gasteiger charge is 2.15. The summed E-state index contributed by atoms with van der Waals surface area (Å²) in [7, 11) is 1.53. The van der Waals surface area contributed by atoms with Crippen LogP contribution in [0.25, 0.3) is 11.0 Å². The Hall–Kier alpha value is -4.46. The number of hydrogen-bond acceptors (Lipinski definition) is 6. The van der Waals surface area contributed by atoms with Crippen LogP contribution in [0.3, 0.4) is 0 Å². The SMILES string of the molecule is COc1cccc2cc(C(=O)Nc3ccccn3)c(=Nc3ccc(C(N)=O)cc3)oc12. The Balaban J connectivity index is 1.86. The Morgan fingerprint density at radius 1 is 1.06 bits per heavy atom. The maximum Gasteiger partial charge on any atom is 0.262 e. The van der Waals surface area contributed by atoms with Crippen LogP contribution in [0.5, 0.6) is 5.75 Å². The number of carbonyl (C=O) groups excluding carboxylic acids is 2. The van der Waals surface area contributed by atoms with Gasteiger partial charge in [-0.15, -0.1) is 0 Å². The molecule has 0 saturated carbocycles. The number of nitrogens with two attached hydrogens (primary N) is 1. The molecule has 0 aliphatic heterocycles. The van der Waals surface area contributed by atoms with E-state index in [9.17, 15) is 9.59 Å². The quantitative estimate of drug-likeness (QED) is 0.518. The van der Waals surface area contributed by atoms with E-state index in [-0.39, 0.29) is 11.1 Å². The fourth-order valence-corrected chi connectivity index (χ4v) is 2.97. The predicted molar refractivity (Wildman–Crippen MR) is 115 cm³/mol. The average Bonchev–Trinajstić information content (AvgIpc) is 2.79. The van der Waals surface area contributed by atoms with Gasteiger partial charge in [-0.1, -0.05) is 18.2 Å². The lowest BCUT2D eigenvalue weighted by molar-refractivity contribution is 0.0997. The lowest BCUT2D eigenvalue weighted by atomic mass is 10.1. The van der Waals surface area contributed by atoms with Gasteiger partial charge in [0.2, 0.25) is 11.5 Å². The number of ether oxygens (including phenoxy) is 1. The first-order valence-electron chi connectivity index (χ1n) is 9.33.